The number of halogens is 7. The van der Waals surface area contributed by atoms with Crippen molar-refractivity contribution >= 4 is 69.9 Å². The molecule has 3 fully saturated rings. The topological polar surface area (TPSA) is 120 Å². The quantitative estimate of drug-likeness (QED) is 0.118. The molecule has 0 bridgehead atoms. The maximum atomic E-state index is 15.3. The first-order valence-electron chi connectivity index (χ1n) is 17.0. The number of imide groups is 2. The number of allylic oxidation sites excluding steroid dienone is 2. The Morgan fingerprint density at radius 2 is 1.64 bits per heavy atom. The van der Waals surface area contributed by atoms with Gasteiger partial charge in [-0.25, -0.2) is 14.3 Å². The van der Waals surface area contributed by atoms with Crippen LogP contribution in [0.15, 0.2) is 84.6 Å². The lowest BCUT2D eigenvalue weighted by Crippen LogP contribution is -2.53. The second kappa shape index (κ2) is 13.1. The summed E-state index contributed by atoms with van der Waals surface area (Å²) in [5.41, 5.74) is 0.994. The van der Waals surface area contributed by atoms with Crippen LogP contribution in [0.4, 0.5) is 29.1 Å². The number of alkyl halides is 3. The zero-order valence-corrected chi connectivity index (χ0v) is 30.6. The van der Waals surface area contributed by atoms with Gasteiger partial charge in [0.05, 0.1) is 39.4 Å². The smallest absolute Gasteiger partial charge is 0.417 e. The summed E-state index contributed by atoms with van der Waals surface area (Å²) >= 11 is 18.9. The number of para-hydroxylation sites is 1. The number of aromatic hydroxyl groups is 1. The van der Waals surface area contributed by atoms with E-state index in [2.05, 4.69) is 10.4 Å². The van der Waals surface area contributed by atoms with E-state index in [4.69, 9.17) is 34.8 Å². The van der Waals surface area contributed by atoms with Gasteiger partial charge in [0.1, 0.15) is 0 Å². The second-order valence-corrected chi connectivity index (χ2v) is 15.3. The van der Waals surface area contributed by atoms with Crippen molar-refractivity contribution in [3.63, 3.8) is 0 Å². The van der Waals surface area contributed by atoms with Crippen LogP contribution in [0.2, 0.25) is 15.1 Å². The van der Waals surface area contributed by atoms with E-state index >= 15 is 9.18 Å². The van der Waals surface area contributed by atoms with Gasteiger partial charge in [0, 0.05) is 27.7 Å². The number of fused-ring (bicyclic) bond motifs is 4. The predicted octanol–water partition coefficient (Wildman–Crippen LogP) is 8.40. The van der Waals surface area contributed by atoms with Crippen LogP contribution in [0, 0.1) is 36.4 Å². The molecule has 9 nitrogen and oxygen atoms in total. The molecule has 4 aromatic rings. The van der Waals surface area contributed by atoms with Crippen LogP contribution in [0.25, 0.3) is 0 Å². The first-order valence-corrected chi connectivity index (χ1v) is 18.1. The minimum absolute atomic E-state index is 0.0420. The molecule has 2 aliphatic carbocycles. The first kappa shape index (κ1) is 37.0. The van der Waals surface area contributed by atoms with Gasteiger partial charge in [0.15, 0.2) is 17.4 Å². The number of aryl methyl sites for hydroxylation is 1. The Kier molecular flexibility index (Phi) is 8.78. The average Bonchev–Trinajstić information content (AvgIpc) is 3.52. The monoisotopic (exact) mass is 812 g/mol. The number of phenolic OH excluding ortho intramolecular Hbond substituents is 1. The van der Waals surface area contributed by atoms with Crippen LogP contribution in [0.3, 0.4) is 0 Å². The lowest BCUT2D eigenvalue weighted by molar-refractivity contribution is -0.139. The van der Waals surface area contributed by atoms with Gasteiger partial charge in [-0.2, -0.15) is 18.2 Å². The lowest BCUT2D eigenvalue weighted by atomic mass is 9.49. The number of nitrogens with one attached hydrogen (secondary N) is 1. The van der Waals surface area contributed by atoms with Crippen LogP contribution in [0.1, 0.15) is 41.0 Å². The molecule has 0 radical (unpaired) electrons. The number of hydrogen-bond acceptors (Lipinski definition) is 7. The summed E-state index contributed by atoms with van der Waals surface area (Å²) in [6.45, 7) is 1.77. The fraction of sp³-hybridized carbons (Fsp3) is 0.256. The molecule has 0 unspecified atom stereocenters. The standard InChI is InChI=1S/C39H27Cl3F4N4O5/c1-17-5-10-21(14-27(17)41)49-34(52)23-12-11-22-25(30(23)36(49)54)15-26-35(53)50(48-33-28(42)13-19(16-47-33)39(44,45)46)37(55)38(26,18-6-8-20(40)9-7-18)31(22)24-3-2-4-29(43)32(24)51/h2-11,13-14,16,23,25-26,30-31,51H,12,15H2,1H3,(H,47,48)/t23-,25+,26-,30-,31+,38+/m0/s1. The van der Waals surface area contributed by atoms with Crippen molar-refractivity contribution in [2.24, 2.45) is 23.7 Å². The van der Waals surface area contributed by atoms with Crippen molar-refractivity contribution in [3.8, 4) is 5.75 Å². The van der Waals surface area contributed by atoms with Gasteiger partial charge in [-0.1, -0.05) is 76.8 Å². The molecule has 282 valence electrons. The van der Waals surface area contributed by atoms with E-state index in [1.807, 2.05) is 0 Å². The minimum atomic E-state index is -4.79. The van der Waals surface area contributed by atoms with E-state index in [1.54, 1.807) is 25.1 Å². The summed E-state index contributed by atoms with van der Waals surface area (Å²) < 4.78 is 55.7. The summed E-state index contributed by atoms with van der Waals surface area (Å²) in [6.07, 6.45) is -2.71. The normalized spacial score (nSPS) is 26.2. The molecule has 3 heterocycles. The number of rotatable bonds is 5. The van der Waals surface area contributed by atoms with Gasteiger partial charge in [-0.05, 0) is 73.2 Å². The maximum absolute atomic E-state index is 15.3. The highest BCUT2D eigenvalue weighted by Crippen LogP contribution is 2.65. The molecule has 8 rings (SSSR count). The number of hydrogen-bond donors (Lipinski definition) is 2. The molecule has 55 heavy (non-hydrogen) atoms. The summed E-state index contributed by atoms with van der Waals surface area (Å²) in [7, 11) is 0. The van der Waals surface area contributed by atoms with Gasteiger partial charge in [0.2, 0.25) is 11.8 Å². The third-order valence-corrected chi connectivity index (χ3v) is 12.2. The number of anilines is 2. The van der Waals surface area contributed by atoms with E-state index < -0.39 is 92.8 Å². The summed E-state index contributed by atoms with van der Waals surface area (Å²) in [5, 5.41) is 12.0. The number of amides is 4. The average molecular weight is 814 g/mol. The van der Waals surface area contributed by atoms with Crippen molar-refractivity contribution in [2.75, 3.05) is 10.3 Å². The Morgan fingerprint density at radius 3 is 2.31 bits per heavy atom. The second-order valence-electron chi connectivity index (χ2n) is 14.0. The highest BCUT2D eigenvalue weighted by atomic mass is 35.5. The summed E-state index contributed by atoms with van der Waals surface area (Å²) in [5.74, 6) is -10.5. The Labute approximate surface area is 325 Å². The van der Waals surface area contributed by atoms with Gasteiger partial charge in [-0.15, -0.1) is 0 Å². The van der Waals surface area contributed by atoms with Crippen molar-refractivity contribution in [3.05, 3.63) is 128 Å². The fourth-order valence-electron chi connectivity index (χ4n) is 8.87. The zero-order valence-electron chi connectivity index (χ0n) is 28.4. The van der Waals surface area contributed by atoms with Crippen LogP contribution in [-0.2, 0) is 30.8 Å². The van der Waals surface area contributed by atoms with Crippen molar-refractivity contribution < 1.29 is 41.8 Å². The van der Waals surface area contributed by atoms with E-state index in [0.29, 0.717) is 27.9 Å². The lowest BCUT2D eigenvalue weighted by Gasteiger charge is -2.50. The van der Waals surface area contributed by atoms with Crippen LogP contribution in [0.5, 0.6) is 5.75 Å². The first-order chi connectivity index (χ1) is 26.0. The van der Waals surface area contributed by atoms with Crippen LogP contribution < -0.4 is 10.3 Å². The van der Waals surface area contributed by atoms with Crippen molar-refractivity contribution in [2.45, 2.75) is 37.3 Å². The predicted molar refractivity (Wildman–Crippen MR) is 194 cm³/mol. The highest BCUT2D eigenvalue weighted by molar-refractivity contribution is 6.33. The molecule has 1 aromatic heterocycles. The third-order valence-electron chi connectivity index (χ3n) is 11.3. The summed E-state index contributed by atoms with van der Waals surface area (Å²) in [4.78, 5) is 63.3. The molecule has 3 aromatic carbocycles. The number of pyridine rings is 1. The number of carbonyl (C=O) groups is 4. The Morgan fingerprint density at radius 1 is 0.909 bits per heavy atom. The molecule has 2 N–H and O–H groups in total. The SMILES string of the molecule is Cc1ccc(N2C(=O)[C@H]3[C@H](CC=C4[C@H]3C[C@H]3C(=O)N(Nc5ncc(C(F)(F)F)cc5Cl)C(=O)[C@@]3(c3ccc(Cl)cc3)[C@H]4c3cccc(F)c3O)C2=O)cc1Cl. The number of phenols is 1. The van der Waals surface area contributed by atoms with Gasteiger partial charge in [-0.3, -0.25) is 24.6 Å². The number of nitrogens with zero attached hydrogens (tertiary/aromatic N) is 3. The van der Waals surface area contributed by atoms with Crippen LogP contribution >= 0.6 is 34.8 Å². The number of benzene rings is 3. The Balaban J connectivity index is 1.31. The molecular formula is C39H27Cl3F4N4O5. The van der Waals surface area contributed by atoms with Gasteiger partial charge < -0.3 is 5.11 Å². The molecule has 0 spiro atoms. The maximum Gasteiger partial charge on any atom is 0.417 e. The van der Waals surface area contributed by atoms with Crippen molar-refractivity contribution in [1.82, 2.24) is 9.99 Å². The zero-order chi connectivity index (χ0) is 39.3. The highest BCUT2D eigenvalue weighted by Gasteiger charge is 2.71. The molecular weight excluding hydrogens is 787 g/mol. The molecule has 2 saturated heterocycles. The van der Waals surface area contributed by atoms with Gasteiger partial charge in [0.25, 0.3) is 11.8 Å². The number of carbonyl (C=O) groups excluding carboxylic acids is 4. The van der Waals surface area contributed by atoms with E-state index in [1.165, 1.54) is 42.5 Å². The Hall–Kier alpha value is -4.98. The van der Waals surface area contributed by atoms with E-state index in [9.17, 15) is 32.7 Å². The molecule has 2 aliphatic heterocycles. The molecule has 16 heteroatoms. The van der Waals surface area contributed by atoms with E-state index in [0.717, 1.165) is 16.5 Å². The minimum Gasteiger partial charge on any atom is -0.505 e. The number of hydrazine groups is 1. The molecule has 1 saturated carbocycles. The molecule has 4 amide bonds. The Bertz CT molecular complexity index is 2370. The van der Waals surface area contributed by atoms with Gasteiger partial charge >= 0.3 is 6.18 Å². The van der Waals surface area contributed by atoms with Crippen molar-refractivity contribution in [1.29, 1.82) is 0 Å². The molecule has 4 aliphatic rings. The largest absolute Gasteiger partial charge is 0.505 e. The fourth-order valence-corrected chi connectivity index (χ4v) is 9.38. The number of aromatic nitrogens is 1. The van der Waals surface area contributed by atoms with E-state index in [-0.39, 0.29) is 34.7 Å². The molecule has 6 atom stereocenters. The summed E-state index contributed by atoms with van der Waals surface area (Å²) in [6, 6.07) is 15.2. The third kappa shape index (κ3) is 5.53. The van der Waals surface area contributed by atoms with Crippen LogP contribution in [-0.4, -0.2) is 38.7 Å².